The third-order valence-electron chi connectivity index (χ3n) is 2.15. The third-order valence-corrected chi connectivity index (χ3v) is 2.15. The topological polar surface area (TPSA) is 54.9 Å². The van der Waals surface area contributed by atoms with Crippen molar-refractivity contribution in [1.82, 2.24) is 15.3 Å². The first kappa shape index (κ1) is 11.4. The van der Waals surface area contributed by atoms with Crippen LogP contribution in [0.15, 0.2) is 31.2 Å². The molecule has 0 saturated heterocycles. The van der Waals surface area contributed by atoms with Crippen molar-refractivity contribution >= 4 is 5.91 Å². The average molecular weight is 205 g/mol. The lowest BCUT2D eigenvalue weighted by molar-refractivity contribution is -0.116. The van der Waals surface area contributed by atoms with Crippen LogP contribution in [0, 0.1) is 0 Å². The number of amides is 1. The van der Waals surface area contributed by atoms with E-state index in [1.165, 1.54) is 6.08 Å². The first-order valence-electron chi connectivity index (χ1n) is 4.73. The fraction of sp³-hybridized carbons (Fsp3) is 0.364. The largest absolute Gasteiger partial charge is 0.352 e. The van der Waals surface area contributed by atoms with E-state index in [9.17, 15) is 4.79 Å². The average Bonchev–Trinajstić information content (AvgIpc) is 2.27. The molecule has 0 aliphatic carbocycles. The molecule has 0 aliphatic heterocycles. The van der Waals surface area contributed by atoms with E-state index in [0.717, 1.165) is 5.69 Å². The summed E-state index contributed by atoms with van der Waals surface area (Å²) < 4.78 is 0. The van der Waals surface area contributed by atoms with Crippen LogP contribution in [0.3, 0.4) is 0 Å². The molecule has 0 bridgehead atoms. The summed E-state index contributed by atoms with van der Waals surface area (Å²) in [4.78, 5) is 19.2. The fourth-order valence-corrected chi connectivity index (χ4v) is 1.12. The Hall–Kier alpha value is -1.71. The summed E-state index contributed by atoms with van der Waals surface area (Å²) >= 11 is 0. The summed E-state index contributed by atoms with van der Waals surface area (Å²) in [6, 6.07) is 0. The second kappa shape index (κ2) is 4.68. The van der Waals surface area contributed by atoms with E-state index in [-0.39, 0.29) is 11.3 Å². The molecule has 4 heteroatoms. The Morgan fingerprint density at radius 1 is 1.60 bits per heavy atom. The molecule has 1 aromatic heterocycles. The fourth-order valence-electron chi connectivity index (χ4n) is 1.12. The van der Waals surface area contributed by atoms with Crippen LogP contribution >= 0.6 is 0 Å². The number of hydrogen-bond acceptors (Lipinski definition) is 3. The van der Waals surface area contributed by atoms with Crippen LogP contribution in [-0.2, 0) is 10.2 Å². The molecule has 1 rings (SSSR count). The molecule has 1 heterocycles. The van der Waals surface area contributed by atoms with E-state index in [0.29, 0.717) is 6.54 Å². The van der Waals surface area contributed by atoms with Crippen LogP contribution in [0.4, 0.5) is 0 Å². The predicted octanol–water partition coefficient (Wildman–Crippen LogP) is 1.06. The molecule has 0 radical (unpaired) electrons. The summed E-state index contributed by atoms with van der Waals surface area (Å²) in [5.41, 5.74) is 0.627. The zero-order valence-corrected chi connectivity index (χ0v) is 9.03. The molecule has 0 atom stereocenters. The number of carbonyl (C=O) groups is 1. The maximum atomic E-state index is 11.0. The normalized spacial score (nSPS) is 10.8. The van der Waals surface area contributed by atoms with Crippen molar-refractivity contribution in [3.05, 3.63) is 36.9 Å². The van der Waals surface area contributed by atoms with E-state index in [1.54, 1.807) is 18.6 Å². The van der Waals surface area contributed by atoms with E-state index in [1.807, 2.05) is 13.8 Å². The molecule has 0 saturated carbocycles. The molecule has 15 heavy (non-hydrogen) atoms. The highest BCUT2D eigenvalue weighted by molar-refractivity contribution is 5.86. The van der Waals surface area contributed by atoms with Gasteiger partial charge in [0.15, 0.2) is 0 Å². The van der Waals surface area contributed by atoms with Crippen molar-refractivity contribution in [2.24, 2.45) is 0 Å². The number of nitrogens with one attached hydrogen (secondary N) is 1. The van der Waals surface area contributed by atoms with Gasteiger partial charge in [0.05, 0.1) is 5.69 Å². The van der Waals surface area contributed by atoms with Gasteiger partial charge in [-0.2, -0.15) is 0 Å². The van der Waals surface area contributed by atoms with Gasteiger partial charge in [-0.1, -0.05) is 20.4 Å². The van der Waals surface area contributed by atoms with Gasteiger partial charge in [-0.25, -0.2) is 0 Å². The highest BCUT2D eigenvalue weighted by Crippen LogP contribution is 2.18. The van der Waals surface area contributed by atoms with E-state index < -0.39 is 0 Å². The molecule has 1 aromatic rings. The van der Waals surface area contributed by atoms with Crippen molar-refractivity contribution in [3.8, 4) is 0 Å². The van der Waals surface area contributed by atoms with E-state index in [2.05, 4.69) is 21.9 Å². The van der Waals surface area contributed by atoms with Crippen LogP contribution in [-0.4, -0.2) is 22.4 Å². The SMILES string of the molecule is C=CC(=O)NCC(C)(C)c1cnccn1. The number of rotatable bonds is 4. The molecule has 0 fully saturated rings. The van der Waals surface area contributed by atoms with Gasteiger partial charge in [0.2, 0.25) is 5.91 Å². The van der Waals surface area contributed by atoms with Crippen LogP contribution in [0.1, 0.15) is 19.5 Å². The van der Waals surface area contributed by atoms with Crippen molar-refractivity contribution in [2.45, 2.75) is 19.3 Å². The summed E-state index contributed by atoms with van der Waals surface area (Å²) in [6.07, 6.45) is 6.24. The molecule has 80 valence electrons. The van der Waals surface area contributed by atoms with Gasteiger partial charge in [-0.3, -0.25) is 14.8 Å². The maximum Gasteiger partial charge on any atom is 0.243 e. The van der Waals surface area contributed by atoms with Crippen molar-refractivity contribution < 1.29 is 4.79 Å². The van der Waals surface area contributed by atoms with Crippen LogP contribution in [0.25, 0.3) is 0 Å². The molecule has 1 N–H and O–H groups in total. The molecule has 0 aromatic carbocycles. The Morgan fingerprint density at radius 3 is 2.87 bits per heavy atom. The monoisotopic (exact) mass is 205 g/mol. The molecule has 4 nitrogen and oxygen atoms in total. The Labute approximate surface area is 89.4 Å². The Kier molecular flexibility index (Phi) is 3.55. The summed E-state index contributed by atoms with van der Waals surface area (Å²) in [5.74, 6) is -0.174. The lowest BCUT2D eigenvalue weighted by atomic mass is 9.89. The highest BCUT2D eigenvalue weighted by atomic mass is 16.1. The second-order valence-corrected chi connectivity index (χ2v) is 3.90. The molecular formula is C11H15N3O. The molecular weight excluding hydrogens is 190 g/mol. The van der Waals surface area contributed by atoms with Crippen molar-refractivity contribution in [1.29, 1.82) is 0 Å². The Bertz CT molecular complexity index is 346. The quantitative estimate of drug-likeness (QED) is 0.748. The number of aromatic nitrogens is 2. The van der Waals surface area contributed by atoms with E-state index in [4.69, 9.17) is 0 Å². The molecule has 0 aliphatic rings. The molecule has 0 spiro atoms. The van der Waals surface area contributed by atoms with Crippen LogP contribution in [0.2, 0.25) is 0 Å². The smallest absolute Gasteiger partial charge is 0.243 e. The van der Waals surface area contributed by atoms with Gasteiger partial charge in [0, 0.05) is 30.6 Å². The van der Waals surface area contributed by atoms with Crippen LogP contribution in [0.5, 0.6) is 0 Å². The zero-order valence-electron chi connectivity index (χ0n) is 9.03. The zero-order chi connectivity index (χ0) is 11.3. The first-order valence-corrected chi connectivity index (χ1v) is 4.73. The lowest BCUT2D eigenvalue weighted by Crippen LogP contribution is -2.36. The standard InChI is InChI=1S/C11H15N3O/c1-4-10(15)14-8-11(2,3)9-7-12-5-6-13-9/h4-7H,1,8H2,2-3H3,(H,14,15). The summed E-state index contributed by atoms with van der Waals surface area (Å²) in [5, 5.41) is 2.75. The lowest BCUT2D eigenvalue weighted by Gasteiger charge is -2.23. The minimum absolute atomic E-state index is 0.174. The van der Waals surface area contributed by atoms with Crippen molar-refractivity contribution in [3.63, 3.8) is 0 Å². The Morgan fingerprint density at radius 2 is 2.33 bits per heavy atom. The van der Waals surface area contributed by atoms with Gasteiger partial charge in [0.25, 0.3) is 0 Å². The number of carbonyl (C=O) groups excluding carboxylic acids is 1. The third kappa shape index (κ3) is 3.16. The second-order valence-electron chi connectivity index (χ2n) is 3.90. The van der Waals surface area contributed by atoms with E-state index >= 15 is 0 Å². The van der Waals surface area contributed by atoms with Gasteiger partial charge in [-0.05, 0) is 6.08 Å². The number of nitrogens with zero attached hydrogens (tertiary/aromatic N) is 2. The first-order chi connectivity index (χ1) is 7.06. The minimum atomic E-state index is -0.229. The van der Waals surface area contributed by atoms with Crippen molar-refractivity contribution in [2.75, 3.05) is 6.54 Å². The summed E-state index contributed by atoms with van der Waals surface area (Å²) in [6.45, 7) is 7.91. The molecule has 0 unspecified atom stereocenters. The minimum Gasteiger partial charge on any atom is -0.352 e. The van der Waals surface area contributed by atoms with Gasteiger partial charge >= 0.3 is 0 Å². The number of hydrogen-bond donors (Lipinski definition) is 1. The molecule has 1 amide bonds. The highest BCUT2D eigenvalue weighted by Gasteiger charge is 2.22. The van der Waals surface area contributed by atoms with Crippen LogP contribution < -0.4 is 5.32 Å². The predicted molar refractivity (Wildman–Crippen MR) is 58.3 cm³/mol. The van der Waals surface area contributed by atoms with Gasteiger partial charge in [-0.15, -0.1) is 0 Å². The summed E-state index contributed by atoms with van der Waals surface area (Å²) in [7, 11) is 0. The Balaban J connectivity index is 2.67. The maximum absolute atomic E-state index is 11.0. The van der Waals surface area contributed by atoms with Gasteiger partial charge in [0.1, 0.15) is 0 Å². The van der Waals surface area contributed by atoms with Gasteiger partial charge < -0.3 is 5.32 Å².